The number of benzene rings is 2. The minimum Gasteiger partial charge on any atom is -0.446 e. The summed E-state index contributed by atoms with van der Waals surface area (Å²) in [5, 5.41) is 0. The molecule has 2 aromatic rings. The van der Waals surface area contributed by atoms with E-state index in [0.29, 0.717) is 12.1 Å². The molecule has 1 aliphatic rings. The summed E-state index contributed by atoms with van der Waals surface area (Å²) in [6.45, 7) is 4.80. The summed E-state index contributed by atoms with van der Waals surface area (Å²) in [6, 6.07) is 1.85. The van der Waals surface area contributed by atoms with Gasteiger partial charge in [-0.25, -0.2) is 4.79 Å². The molecule has 42 heavy (non-hydrogen) atoms. The van der Waals surface area contributed by atoms with Gasteiger partial charge < -0.3 is 9.64 Å². The van der Waals surface area contributed by atoms with Gasteiger partial charge in [0.25, 0.3) is 0 Å². The molecule has 1 atom stereocenters. The number of amides is 2. The quantitative estimate of drug-likeness (QED) is 0.318. The van der Waals surface area contributed by atoms with Crippen LogP contribution in [0.15, 0.2) is 30.3 Å². The van der Waals surface area contributed by atoms with Gasteiger partial charge in [0.15, 0.2) is 0 Å². The van der Waals surface area contributed by atoms with E-state index in [1.54, 1.807) is 13.8 Å². The molecule has 1 heterocycles. The number of carbonyl (C=O) groups is 2. The van der Waals surface area contributed by atoms with Gasteiger partial charge in [-0.15, -0.1) is 0 Å². The number of hydrogen-bond acceptors (Lipinski definition) is 3. The normalized spacial score (nSPS) is 16.2. The Morgan fingerprint density at radius 1 is 0.929 bits per heavy atom. The summed E-state index contributed by atoms with van der Waals surface area (Å²) in [5.41, 5.74) is -4.90. The van der Waals surface area contributed by atoms with Crippen LogP contribution in [0.2, 0.25) is 0 Å². The maximum absolute atomic E-state index is 14.0. The zero-order chi connectivity index (χ0) is 31.8. The van der Waals surface area contributed by atoms with Gasteiger partial charge >= 0.3 is 24.6 Å². The second-order valence-electron chi connectivity index (χ2n) is 10.2. The van der Waals surface area contributed by atoms with Gasteiger partial charge in [0, 0.05) is 20.0 Å². The molecule has 0 fully saturated rings. The molecule has 2 aromatic carbocycles. The molecule has 2 amide bonds. The third-order valence-corrected chi connectivity index (χ3v) is 6.79. The molecule has 3 rings (SSSR count). The number of nitrogens with zero attached hydrogens (tertiary/aromatic N) is 2. The van der Waals surface area contributed by atoms with Gasteiger partial charge in [0.05, 0.1) is 34.5 Å². The first-order valence-corrected chi connectivity index (χ1v) is 13.0. The molecule has 0 aromatic heterocycles. The van der Waals surface area contributed by atoms with Crippen molar-refractivity contribution in [1.29, 1.82) is 0 Å². The molecule has 0 N–H and O–H groups in total. The minimum absolute atomic E-state index is 0.0348. The van der Waals surface area contributed by atoms with Crippen molar-refractivity contribution in [2.45, 2.75) is 84.2 Å². The monoisotopic (exact) mass is 612 g/mol. The van der Waals surface area contributed by atoms with E-state index in [2.05, 4.69) is 0 Å². The zero-order valence-corrected chi connectivity index (χ0v) is 23.1. The Hall–Kier alpha value is -3.45. The van der Waals surface area contributed by atoms with Gasteiger partial charge in [-0.05, 0) is 74.1 Å². The van der Waals surface area contributed by atoms with E-state index in [-0.39, 0.29) is 48.7 Å². The van der Waals surface area contributed by atoms with Crippen molar-refractivity contribution in [1.82, 2.24) is 4.90 Å². The van der Waals surface area contributed by atoms with Crippen molar-refractivity contribution in [2.24, 2.45) is 0 Å². The molecule has 232 valence electrons. The third-order valence-electron chi connectivity index (χ3n) is 6.79. The second-order valence-corrected chi connectivity index (χ2v) is 10.2. The Labute approximate surface area is 236 Å². The van der Waals surface area contributed by atoms with Crippen LogP contribution in [0.1, 0.15) is 80.0 Å². The molecular weight excluding hydrogens is 583 g/mol. The van der Waals surface area contributed by atoms with E-state index < -0.39 is 71.5 Å². The highest BCUT2D eigenvalue weighted by Crippen LogP contribution is 2.44. The zero-order valence-electron chi connectivity index (χ0n) is 23.1. The first kappa shape index (κ1) is 33.1. The first-order valence-electron chi connectivity index (χ1n) is 13.0. The lowest BCUT2D eigenvalue weighted by molar-refractivity contribution is -0.143. The maximum atomic E-state index is 14.0. The standard InChI is InChI=1S/C28H29F9N2O3/c1-5-18-11-21-23(7-6-8-38(25(41)42-15(2)3)24(21)13-22(18)28(35,36)37)39(16(4)40)14-17-9-19(26(29,30)31)12-20(10-17)27(32,33)34/h9-13,15,23H,5-8,14H2,1-4H3. The first-order chi connectivity index (χ1) is 19.2. The van der Waals surface area contributed by atoms with E-state index in [0.717, 1.165) is 22.8 Å². The summed E-state index contributed by atoms with van der Waals surface area (Å²) < 4.78 is 128. The molecule has 1 aliphatic heterocycles. The number of aryl methyl sites for hydroxylation is 1. The average molecular weight is 613 g/mol. The van der Waals surface area contributed by atoms with E-state index in [4.69, 9.17) is 4.74 Å². The van der Waals surface area contributed by atoms with E-state index in [9.17, 15) is 49.1 Å². The van der Waals surface area contributed by atoms with Crippen molar-refractivity contribution in [2.75, 3.05) is 11.4 Å². The molecule has 0 radical (unpaired) electrons. The van der Waals surface area contributed by atoms with Crippen molar-refractivity contribution in [3.8, 4) is 0 Å². The van der Waals surface area contributed by atoms with Crippen molar-refractivity contribution >= 4 is 17.7 Å². The van der Waals surface area contributed by atoms with Crippen LogP contribution in [0.5, 0.6) is 0 Å². The van der Waals surface area contributed by atoms with Crippen LogP contribution >= 0.6 is 0 Å². The van der Waals surface area contributed by atoms with Gasteiger partial charge in [-0.1, -0.05) is 13.0 Å². The lowest BCUT2D eigenvalue weighted by Gasteiger charge is -2.33. The summed E-state index contributed by atoms with van der Waals surface area (Å²) >= 11 is 0. The van der Waals surface area contributed by atoms with Crippen LogP contribution in [0.4, 0.5) is 50.0 Å². The van der Waals surface area contributed by atoms with Crippen LogP contribution in [0.3, 0.4) is 0 Å². The fraction of sp³-hybridized carbons (Fsp3) is 0.500. The van der Waals surface area contributed by atoms with Crippen LogP contribution in [0.25, 0.3) is 0 Å². The van der Waals surface area contributed by atoms with Crippen LogP contribution in [-0.4, -0.2) is 29.5 Å². The Morgan fingerprint density at radius 3 is 1.95 bits per heavy atom. The molecule has 0 saturated heterocycles. The van der Waals surface area contributed by atoms with Crippen molar-refractivity contribution < 1.29 is 53.8 Å². The third kappa shape index (κ3) is 7.49. The number of anilines is 1. The smallest absolute Gasteiger partial charge is 0.416 e. The number of carbonyl (C=O) groups excluding carboxylic acids is 2. The summed E-state index contributed by atoms with van der Waals surface area (Å²) in [5.74, 6) is -0.743. The van der Waals surface area contributed by atoms with Crippen LogP contribution in [0, 0.1) is 0 Å². The number of ether oxygens (including phenoxy) is 1. The van der Waals surface area contributed by atoms with E-state index in [1.165, 1.54) is 13.0 Å². The molecule has 0 aliphatic carbocycles. The largest absolute Gasteiger partial charge is 0.446 e. The molecule has 0 bridgehead atoms. The number of alkyl halides is 9. The fourth-order valence-electron chi connectivity index (χ4n) is 4.95. The molecular formula is C28H29F9N2O3. The maximum Gasteiger partial charge on any atom is 0.416 e. The SMILES string of the molecule is CCc1cc2c(cc1C(F)(F)F)N(C(=O)OC(C)C)CCCC2N(Cc1cc(C(F)(F)F)cc(C(F)(F)F)c1)C(C)=O. The number of fused-ring (bicyclic) bond motifs is 1. The topological polar surface area (TPSA) is 49.9 Å². The minimum atomic E-state index is -5.12. The van der Waals surface area contributed by atoms with Gasteiger partial charge in [0.2, 0.25) is 5.91 Å². The molecule has 14 heteroatoms. The van der Waals surface area contributed by atoms with Gasteiger partial charge in [0.1, 0.15) is 0 Å². The highest BCUT2D eigenvalue weighted by atomic mass is 19.4. The Morgan fingerprint density at radius 2 is 1.50 bits per heavy atom. The Balaban J connectivity index is 2.22. The molecule has 0 saturated carbocycles. The fourth-order valence-corrected chi connectivity index (χ4v) is 4.95. The summed E-state index contributed by atoms with van der Waals surface area (Å²) in [4.78, 5) is 27.8. The highest BCUT2D eigenvalue weighted by molar-refractivity contribution is 5.90. The van der Waals surface area contributed by atoms with E-state index in [1.807, 2.05) is 0 Å². The van der Waals surface area contributed by atoms with Crippen molar-refractivity contribution in [3.05, 3.63) is 63.7 Å². The van der Waals surface area contributed by atoms with Crippen LogP contribution in [-0.2, 0) is 41.0 Å². The predicted molar refractivity (Wildman–Crippen MR) is 134 cm³/mol. The van der Waals surface area contributed by atoms with E-state index >= 15 is 0 Å². The van der Waals surface area contributed by atoms with Crippen LogP contribution < -0.4 is 4.90 Å². The lowest BCUT2D eigenvalue weighted by Crippen LogP contribution is -2.35. The number of hydrogen-bond donors (Lipinski definition) is 0. The molecule has 5 nitrogen and oxygen atoms in total. The molecule has 0 spiro atoms. The average Bonchev–Trinajstić information content (AvgIpc) is 3.03. The second kappa shape index (κ2) is 12.0. The highest BCUT2D eigenvalue weighted by Gasteiger charge is 2.40. The lowest BCUT2D eigenvalue weighted by atomic mass is 9.92. The van der Waals surface area contributed by atoms with Gasteiger partial charge in [-0.3, -0.25) is 9.69 Å². The Kier molecular flexibility index (Phi) is 9.48. The summed E-state index contributed by atoms with van der Waals surface area (Å²) in [7, 11) is 0. The predicted octanol–water partition coefficient (Wildman–Crippen LogP) is 8.54. The number of rotatable bonds is 5. The summed E-state index contributed by atoms with van der Waals surface area (Å²) in [6.07, 6.45) is -16.5. The molecule has 1 unspecified atom stereocenters. The van der Waals surface area contributed by atoms with Gasteiger partial charge in [-0.2, -0.15) is 39.5 Å². The van der Waals surface area contributed by atoms with Crippen molar-refractivity contribution in [3.63, 3.8) is 0 Å². The number of halogens is 9. The Bertz CT molecular complexity index is 1290.